The van der Waals surface area contributed by atoms with E-state index >= 15 is 0 Å². The standard InChI is InChI=1S/C10H11N3S3/c1-6-3-4-7(5-8(6)11)15-10-13-12-9(14-2)16-10/h3-5H,11H2,1-2H3. The Balaban J connectivity index is 2.17. The highest BCUT2D eigenvalue weighted by molar-refractivity contribution is 8.03. The van der Waals surface area contributed by atoms with Gasteiger partial charge >= 0.3 is 0 Å². The molecule has 0 radical (unpaired) electrons. The van der Waals surface area contributed by atoms with Crippen LogP contribution in [0.4, 0.5) is 5.69 Å². The van der Waals surface area contributed by atoms with Crippen LogP contribution in [0.2, 0.25) is 0 Å². The van der Waals surface area contributed by atoms with Gasteiger partial charge in [0.05, 0.1) is 0 Å². The van der Waals surface area contributed by atoms with E-state index in [-0.39, 0.29) is 0 Å². The first kappa shape index (κ1) is 11.8. The van der Waals surface area contributed by atoms with Crippen molar-refractivity contribution in [1.29, 1.82) is 0 Å². The molecule has 16 heavy (non-hydrogen) atoms. The SMILES string of the molecule is CSc1nnc(Sc2ccc(C)c(N)c2)s1. The fourth-order valence-electron chi connectivity index (χ4n) is 1.10. The van der Waals surface area contributed by atoms with Gasteiger partial charge in [0.15, 0.2) is 8.68 Å². The molecule has 2 rings (SSSR count). The van der Waals surface area contributed by atoms with E-state index in [0.29, 0.717) is 0 Å². The Morgan fingerprint density at radius 2 is 2.00 bits per heavy atom. The average molecular weight is 269 g/mol. The lowest BCUT2D eigenvalue weighted by molar-refractivity contribution is 0.956. The van der Waals surface area contributed by atoms with E-state index in [0.717, 1.165) is 24.8 Å². The molecule has 1 heterocycles. The summed E-state index contributed by atoms with van der Waals surface area (Å²) in [7, 11) is 0. The summed E-state index contributed by atoms with van der Waals surface area (Å²) in [6.07, 6.45) is 2.00. The summed E-state index contributed by atoms with van der Waals surface area (Å²) in [4.78, 5) is 1.10. The van der Waals surface area contributed by atoms with Crippen LogP contribution in [0.1, 0.15) is 5.56 Å². The first-order chi connectivity index (χ1) is 7.69. The Morgan fingerprint density at radius 3 is 2.62 bits per heavy atom. The second kappa shape index (κ2) is 5.07. The van der Waals surface area contributed by atoms with E-state index in [1.807, 2.05) is 25.3 Å². The van der Waals surface area contributed by atoms with Gasteiger partial charge in [-0.2, -0.15) is 0 Å². The van der Waals surface area contributed by atoms with Gasteiger partial charge in [-0.3, -0.25) is 0 Å². The maximum absolute atomic E-state index is 5.86. The van der Waals surface area contributed by atoms with Crippen LogP contribution in [0.25, 0.3) is 0 Å². The number of hydrogen-bond acceptors (Lipinski definition) is 6. The largest absolute Gasteiger partial charge is 0.398 e. The minimum absolute atomic E-state index is 0.819. The molecule has 2 aromatic rings. The molecule has 0 unspecified atom stereocenters. The van der Waals surface area contributed by atoms with Gasteiger partial charge in [0.2, 0.25) is 0 Å². The monoisotopic (exact) mass is 269 g/mol. The molecule has 1 aromatic carbocycles. The molecular weight excluding hydrogens is 258 g/mol. The van der Waals surface area contributed by atoms with Crippen LogP contribution in [0.5, 0.6) is 0 Å². The molecule has 2 N–H and O–H groups in total. The molecule has 6 heteroatoms. The molecule has 1 aromatic heterocycles. The van der Waals surface area contributed by atoms with E-state index < -0.39 is 0 Å². The van der Waals surface area contributed by atoms with Gasteiger partial charge in [-0.05, 0) is 30.9 Å². The topological polar surface area (TPSA) is 51.8 Å². The number of aryl methyl sites for hydroxylation is 1. The number of nitrogens with two attached hydrogens (primary N) is 1. The van der Waals surface area contributed by atoms with Gasteiger partial charge in [-0.25, -0.2) is 0 Å². The molecule has 3 nitrogen and oxygen atoms in total. The number of nitrogen functional groups attached to an aromatic ring is 1. The van der Waals surface area contributed by atoms with E-state index in [2.05, 4.69) is 16.3 Å². The number of rotatable bonds is 3. The lowest BCUT2D eigenvalue weighted by Crippen LogP contribution is -1.88. The minimum Gasteiger partial charge on any atom is -0.398 e. The number of anilines is 1. The molecular formula is C10H11N3S3. The molecule has 0 aliphatic rings. The normalized spacial score (nSPS) is 10.6. The third-order valence-corrected chi connectivity index (χ3v) is 4.96. The maximum atomic E-state index is 5.86. The van der Waals surface area contributed by atoms with Crippen molar-refractivity contribution in [2.45, 2.75) is 20.5 Å². The number of benzene rings is 1. The van der Waals surface area contributed by atoms with Gasteiger partial charge in [0, 0.05) is 10.6 Å². The Hall–Kier alpha value is -0.720. The van der Waals surface area contributed by atoms with Gasteiger partial charge in [-0.15, -0.1) is 10.2 Å². The predicted molar refractivity (Wildman–Crippen MR) is 71.4 cm³/mol. The second-order valence-electron chi connectivity index (χ2n) is 3.16. The summed E-state index contributed by atoms with van der Waals surface area (Å²) < 4.78 is 1.94. The highest BCUT2D eigenvalue weighted by Gasteiger charge is 2.05. The summed E-state index contributed by atoms with van der Waals surface area (Å²) in [5.74, 6) is 0. The summed E-state index contributed by atoms with van der Waals surface area (Å²) in [6, 6.07) is 6.05. The van der Waals surface area contributed by atoms with Crippen molar-refractivity contribution in [1.82, 2.24) is 10.2 Å². The molecule has 84 valence electrons. The van der Waals surface area contributed by atoms with E-state index in [1.165, 1.54) is 0 Å². The molecule has 0 saturated carbocycles. The Bertz CT molecular complexity index is 496. The Labute approximate surface area is 107 Å². The van der Waals surface area contributed by atoms with Crippen molar-refractivity contribution in [2.75, 3.05) is 12.0 Å². The molecule has 0 aliphatic carbocycles. The van der Waals surface area contributed by atoms with E-state index in [4.69, 9.17) is 5.73 Å². The van der Waals surface area contributed by atoms with Gasteiger partial charge in [0.25, 0.3) is 0 Å². The van der Waals surface area contributed by atoms with Gasteiger partial charge < -0.3 is 5.73 Å². The average Bonchev–Trinajstić information content (AvgIpc) is 2.71. The minimum atomic E-state index is 0.819. The maximum Gasteiger partial charge on any atom is 0.179 e. The van der Waals surface area contributed by atoms with Gasteiger partial charge in [0.1, 0.15) is 0 Å². The summed E-state index contributed by atoms with van der Waals surface area (Å²) in [6.45, 7) is 2.00. The quantitative estimate of drug-likeness (QED) is 0.684. The number of hydrogen-bond donors (Lipinski definition) is 1. The molecule has 0 saturated heterocycles. The highest BCUT2D eigenvalue weighted by atomic mass is 32.2. The Kier molecular flexibility index (Phi) is 3.73. The predicted octanol–water partition coefficient (Wildman–Crippen LogP) is 3.30. The first-order valence-corrected chi connectivity index (χ1v) is 7.46. The molecule has 0 fully saturated rings. The molecule has 0 bridgehead atoms. The van der Waals surface area contributed by atoms with Crippen LogP contribution >= 0.6 is 34.9 Å². The first-order valence-electron chi connectivity index (χ1n) is 4.60. The molecule has 0 aliphatic heterocycles. The highest BCUT2D eigenvalue weighted by Crippen LogP contribution is 2.33. The fraction of sp³-hybridized carbons (Fsp3) is 0.200. The van der Waals surface area contributed by atoms with Crippen molar-refractivity contribution < 1.29 is 0 Å². The lowest BCUT2D eigenvalue weighted by atomic mass is 10.2. The molecule has 0 atom stereocenters. The van der Waals surface area contributed by atoms with Crippen molar-refractivity contribution in [3.8, 4) is 0 Å². The fourth-order valence-corrected chi connectivity index (χ4v) is 3.56. The van der Waals surface area contributed by atoms with Crippen molar-refractivity contribution >= 4 is 40.5 Å². The second-order valence-corrected chi connectivity index (χ2v) is 6.51. The van der Waals surface area contributed by atoms with Crippen LogP contribution in [0.3, 0.4) is 0 Å². The van der Waals surface area contributed by atoms with Crippen LogP contribution in [-0.4, -0.2) is 16.5 Å². The molecule has 0 spiro atoms. The summed E-state index contributed by atoms with van der Waals surface area (Å²) in [5.41, 5.74) is 7.78. The lowest BCUT2D eigenvalue weighted by Gasteiger charge is -2.02. The zero-order valence-electron chi connectivity index (χ0n) is 8.93. The molecule has 0 amide bonds. The van der Waals surface area contributed by atoms with Crippen LogP contribution in [0.15, 0.2) is 31.8 Å². The Morgan fingerprint density at radius 1 is 1.25 bits per heavy atom. The van der Waals surface area contributed by atoms with Crippen molar-refractivity contribution in [3.63, 3.8) is 0 Å². The summed E-state index contributed by atoms with van der Waals surface area (Å²) >= 11 is 4.81. The third kappa shape index (κ3) is 2.69. The van der Waals surface area contributed by atoms with E-state index in [9.17, 15) is 0 Å². The summed E-state index contributed by atoms with van der Waals surface area (Å²) in [5, 5.41) is 8.15. The smallest absolute Gasteiger partial charge is 0.179 e. The van der Waals surface area contributed by atoms with Crippen molar-refractivity contribution in [3.05, 3.63) is 23.8 Å². The van der Waals surface area contributed by atoms with Gasteiger partial charge in [-0.1, -0.05) is 40.9 Å². The van der Waals surface area contributed by atoms with Crippen LogP contribution in [-0.2, 0) is 0 Å². The van der Waals surface area contributed by atoms with E-state index in [1.54, 1.807) is 34.9 Å². The zero-order valence-corrected chi connectivity index (χ0v) is 11.4. The van der Waals surface area contributed by atoms with Crippen LogP contribution < -0.4 is 5.73 Å². The number of thioether (sulfide) groups is 1. The third-order valence-electron chi connectivity index (χ3n) is 2.02. The number of nitrogens with zero attached hydrogens (tertiary/aromatic N) is 2. The number of aromatic nitrogens is 2. The zero-order chi connectivity index (χ0) is 11.5. The van der Waals surface area contributed by atoms with Crippen LogP contribution in [0, 0.1) is 6.92 Å². The van der Waals surface area contributed by atoms with Crippen molar-refractivity contribution in [2.24, 2.45) is 0 Å².